The molecule has 0 aliphatic carbocycles. The summed E-state index contributed by atoms with van der Waals surface area (Å²) in [5.41, 5.74) is 1.78. The van der Waals surface area contributed by atoms with Crippen molar-refractivity contribution in [3.05, 3.63) is 71.8 Å². The fraction of sp³-hybridized carbons (Fsp3) is 0.333. The van der Waals surface area contributed by atoms with Crippen molar-refractivity contribution in [2.75, 3.05) is 6.26 Å². The fourth-order valence-electron chi connectivity index (χ4n) is 2.76. The summed E-state index contributed by atoms with van der Waals surface area (Å²) in [6.07, 6.45) is 1.16. The van der Waals surface area contributed by atoms with Crippen LogP contribution in [0.1, 0.15) is 18.1 Å². The van der Waals surface area contributed by atoms with Crippen LogP contribution in [0, 0.1) is 0 Å². The van der Waals surface area contributed by atoms with E-state index in [-0.39, 0.29) is 6.61 Å². The molecule has 0 fully saturated rings. The predicted molar refractivity (Wildman–Crippen MR) is 111 cm³/mol. The summed E-state index contributed by atoms with van der Waals surface area (Å²) >= 11 is 0. The normalized spacial score (nSPS) is 14.6. The number of benzene rings is 2. The first-order valence-corrected chi connectivity index (χ1v) is 11.1. The van der Waals surface area contributed by atoms with Crippen molar-refractivity contribution in [2.45, 2.75) is 38.1 Å². The highest BCUT2D eigenvalue weighted by Crippen LogP contribution is 2.09. The second-order valence-corrected chi connectivity index (χ2v) is 8.59. The third kappa shape index (κ3) is 8.15. The van der Waals surface area contributed by atoms with Crippen LogP contribution in [-0.2, 0) is 37.4 Å². The number of sulfonamides is 1. The van der Waals surface area contributed by atoms with Gasteiger partial charge in [0.15, 0.2) is 0 Å². The molecule has 2 N–H and O–H groups in total. The standard InChI is InChI=1S/C21H26N2O5S/c1-16(28-15-18-11-7-4-8-12-18)20(23-29(2,26)27)21(25)22-19(14-24)13-17-9-5-3-6-10-17/h3-12,14,16,19-20,23H,13,15H2,1-2H3,(H,22,25)/t16-,19-,20+/m0/s1. The van der Waals surface area contributed by atoms with Crippen molar-refractivity contribution in [1.29, 1.82) is 0 Å². The quantitative estimate of drug-likeness (QED) is 0.538. The van der Waals surface area contributed by atoms with Crippen molar-refractivity contribution in [3.8, 4) is 0 Å². The number of nitrogens with one attached hydrogen (secondary N) is 2. The molecule has 0 saturated carbocycles. The van der Waals surface area contributed by atoms with Gasteiger partial charge in [-0.05, 0) is 24.5 Å². The molecular weight excluding hydrogens is 392 g/mol. The predicted octanol–water partition coefficient (Wildman–Crippen LogP) is 1.44. The molecule has 7 nitrogen and oxygen atoms in total. The summed E-state index contributed by atoms with van der Waals surface area (Å²) in [6, 6.07) is 16.6. The maximum atomic E-state index is 12.8. The van der Waals surface area contributed by atoms with Gasteiger partial charge in [0, 0.05) is 0 Å². The van der Waals surface area contributed by atoms with Crippen LogP contribution in [0.5, 0.6) is 0 Å². The summed E-state index contributed by atoms with van der Waals surface area (Å²) in [5, 5.41) is 2.60. The van der Waals surface area contributed by atoms with Crippen LogP contribution in [0.25, 0.3) is 0 Å². The van der Waals surface area contributed by atoms with Crippen LogP contribution in [0.4, 0.5) is 0 Å². The molecule has 156 valence electrons. The van der Waals surface area contributed by atoms with Gasteiger partial charge in [-0.3, -0.25) is 4.79 Å². The van der Waals surface area contributed by atoms with Gasteiger partial charge in [-0.25, -0.2) is 13.1 Å². The maximum absolute atomic E-state index is 12.8. The lowest BCUT2D eigenvalue weighted by Gasteiger charge is -2.25. The van der Waals surface area contributed by atoms with E-state index in [1.54, 1.807) is 6.92 Å². The molecule has 2 aromatic carbocycles. The van der Waals surface area contributed by atoms with Gasteiger partial charge >= 0.3 is 0 Å². The van der Waals surface area contributed by atoms with Crippen molar-refractivity contribution in [1.82, 2.24) is 10.0 Å². The highest BCUT2D eigenvalue weighted by atomic mass is 32.2. The smallest absolute Gasteiger partial charge is 0.241 e. The highest BCUT2D eigenvalue weighted by Gasteiger charge is 2.30. The first-order chi connectivity index (χ1) is 13.8. The topological polar surface area (TPSA) is 102 Å². The minimum absolute atomic E-state index is 0.221. The van der Waals surface area contributed by atoms with E-state index < -0.39 is 34.1 Å². The van der Waals surface area contributed by atoms with E-state index in [0.717, 1.165) is 17.4 Å². The molecule has 0 spiro atoms. The number of hydrogen-bond donors (Lipinski definition) is 2. The lowest BCUT2D eigenvalue weighted by atomic mass is 10.1. The number of rotatable bonds is 11. The third-order valence-corrected chi connectivity index (χ3v) is 4.92. The first-order valence-electron chi connectivity index (χ1n) is 9.21. The van der Waals surface area contributed by atoms with Crippen LogP contribution in [0.15, 0.2) is 60.7 Å². The molecular formula is C21H26N2O5S. The molecule has 3 atom stereocenters. The summed E-state index contributed by atoms with van der Waals surface area (Å²) in [7, 11) is -3.68. The van der Waals surface area contributed by atoms with Gasteiger partial charge in [0.1, 0.15) is 12.3 Å². The minimum Gasteiger partial charge on any atom is -0.372 e. The van der Waals surface area contributed by atoms with Crippen LogP contribution < -0.4 is 10.0 Å². The number of aldehydes is 1. The summed E-state index contributed by atoms with van der Waals surface area (Å²) < 4.78 is 31.5. The molecule has 0 aliphatic rings. The van der Waals surface area contributed by atoms with E-state index in [1.807, 2.05) is 60.7 Å². The van der Waals surface area contributed by atoms with Crippen molar-refractivity contribution in [3.63, 3.8) is 0 Å². The lowest BCUT2D eigenvalue weighted by molar-refractivity contribution is -0.128. The zero-order chi connectivity index (χ0) is 21.3. The fourth-order valence-corrected chi connectivity index (χ4v) is 3.52. The zero-order valence-electron chi connectivity index (χ0n) is 16.4. The second kappa shape index (κ2) is 10.8. The molecule has 0 aromatic heterocycles. The molecule has 2 aromatic rings. The Labute approximate surface area is 171 Å². The monoisotopic (exact) mass is 418 g/mol. The number of hydrogen-bond acceptors (Lipinski definition) is 5. The van der Waals surface area contributed by atoms with E-state index in [9.17, 15) is 18.0 Å². The molecule has 0 heterocycles. The average Bonchev–Trinajstić information content (AvgIpc) is 2.70. The Kier molecular flexibility index (Phi) is 8.50. The number of amides is 1. The Balaban J connectivity index is 2.06. The van der Waals surface area contributed by atoms with Crippen LogP contribution >= 0.6 is 0 Å². The van der Waals surface area contributed by atoms with Gasteiger partial charge in [-0.2, -0.15) is 0 Å². The molecule has 8 heteroatoms. The van der Waals surface area contributed by atoms with Crippen LogP contribution in [0.3, 0.4) is 0 Å². The van der Waals surface area contributed by atoms with Gasteiger partial charge in [0.2, 0.25) is 15.9 Å². The number of ether oxygens (including phenoxy) is 1. The largest absolute Gasteiger partial charge is 0.372 e. The number of carbonyl (C=O) groups is 2. The third-order valence-electron chi connectivity index (χ3n) is 4.24. The summed E-state index contributed by atoms with van der Waals surface area (Å²) in [6.45, 7) is 1.83. The molecule has 0 aliphatic heterocycles. The Morgan fingerprint density at radius 2 is 1.59 bits per heavy atom. The van der Waals surface area contributed by atoms with E-state index in [1.165, 1.54) is 0 Å². The maximum Gasteiger partial charge on any atom is 0.241 e. The molecule has 0 saturated heterocycles. The zero-order valence-corrected chi connectivity index (χ0v) is 17.3. The van der Waals surface area contributed by atoms with E-state index in [4.69, 9.17) is 4.74 Å². The molecule has 29 heavy (non-hydrogen) atoms. The van der Waals surface area contributed by atoms with Gasteiger partial charge < -0.3 is 14.8 Å². The van der Waals surface area contributed by atoms with Gasteiger partial charge in [0.05, 0.1) is 25.0 Å². The van der Waals surface area contributed by atoms with Crippen molar-refractivity contribution in [2.24, 2.45) is 0 Å². The molecule has 0 bridgehead atoms. The van der Waals surface area contributed by atoms with Crippen molar-refractivity contribution < 1.29 is 22.7 Å². The Morgan fingerprint density at radius 1 is 1.03 bits per heavy atom. The average molecular weight is 419 g/mol. The highest BCUT2D eigenvalue weighted by molar-refractivity contribution is 7.88. The van der Waals surface area contributed by atoms with Gasteiger partial charge in [0.25, 0.3) is 0 Å². The lowest BCUT2D eigenvalue weighted by Crippen LogP contribution is -2.55. The Hall–Kier alpha value is -2.55. The second-order valence-electron chi connectivity index (χ2n) is 6.81. The van der Waals surface area contributed by atoms with Gasteiger partial charge in [-0.1, -0.05) is 60.7 Å². The van der Waals surface area contributed by atoms with Crippen LogP contribution in [0.2, 0.25) is 0 Å². The van der Waals surface area contributed by atoms with Gasteiger partial charge in [-0.15, -0.1) is 0 Å². The van der Waals surface area contributed by atoms with Crippen molar-refractivity contribution >= 4 is 22.2 Å². The Morgan fingerprint density at radius 3 is 2.10 bits per heavy atom. The van der Waals surface area contributed by atoms with E-state index in [2.05, 4.69) is 10.0 Å². The van der Waals surface area contributed by atoms with Crippen LogP contribution in [-0.4, -0.2) is 45.1 Å². The first kappa shape index (κ1) is 22.7. The molecule has 0 unspecified atom stereocenters. The Bertz CT molecular complexity index is 888. The summed E-state index contributed by atoms with van der Waals surface area (Å²) in [5.74, 6) is -0.621. The minimum atomic E-state index is -3.68. The van der Waals surface area contributed by atoms with E-state index >= 15 is 0 Å². The molecule has 1 amide bonds. The van der Waals surface area contributed by atoms with E-state index in [0.29, 0.717) is 12.7 Å². The SMILES string of the molecule is C[C@H](OCc1ccccc1)[C@@H](NS(C)(=O)=O)C(=O)N[C@H](C=O)Cc1ccccc1. The molecule has 2 rings (SSSR count). The summed E-state index contributed by atoms with van der Waals surface area (Å²) in [4.78, 5) is 24.2. The number of carbonyl (C=O) groups excluding carboxylic acids is 2. The molecule has 0 radical (unpaired) electrons.